The smallest absolute Gasteiger partial charge is 0.263 e. The van der Waals surface area contributed by atoms with Crippen LogP contribution in [-0.4, -0.2) is 18.5 Å². The zero-order chi connectivity index (χ0) is 12.1. The van der Waals surface area contributed by atoms with Crippen molar-refractivity contribution in [3.63, 3.8) is 0 Å². The summed E-state index contributed by atoms with van der Waals surface area (Å²) in [5, 5.41) is 5.33. The van der Waals surface area contributed by atoms with Gasteiger partial charge in [0, 0.05) is 12.6 Å². The number of amides is 1. The van der Waals surface area contributed by atoms with E-state index in [0.29, 0.717) is 16.4 Å². The maximum absolute atomic E-state index is 11.9. The van der Waals surface area contributed by atoms with Gasteiger partial charge in [0.25, 0.3) is 5.91 Å². The number of hydrogen-bond donors (Lipinski definition) is 2. The van der Waals surface area contributed by atoms with Gasteiger partial charge in [-0.25, -0.2) is 0 Å². The number of carbonyl (C=O) groups excluding carboxylic acids is 1. The maximum atomic E-state index is 11.9. The van der Waals surface area contributed by atoms with Crippen LogP contribution in [0.15, 0.2) is 5.38 Å². The van der Waals surface area contributed by atoms with Crippen LogP contribution in [-0.2, 0) is 0 Å². The molecule has 1 aromatic rings. The zero-order valence-electron chi connectivity index (χ0n) is 9.55. The van der Waals surface area contributed by atoms with Crippen LogP contribution >= 0.6 is 22.9 Å². The van der Waals surface area contributed by atoms with E-state index in [9.17, 15) is 4.79 Å². The summed E-state index contributed by atoms with van der Waals surface area (Å²) in [4.78, 5) is 12.5. The predicted octanol–water partition coefficient (Wildman–Crippen LogP) is 2.57. The average Bonchev–Trinajstić information content (AvgIpc) is 2.59. The molecule has 16 heavy (non-hydrogen) atoms. The van der Waals surface area contributed by atoms with Gasteiger partial charge in [0.05, 0.1) is 5.02 Å². The Labute approximate surface area is 105 Å². The fourth-order valence-electron chi connectivity index (χ4n) is 1.43. The van der Waals surface area contributed by atoms with Gasteiger partial charge in [-0.15, -0.1) is 11.3 Å². The molecule has 0 radical (unpaired) electrons. The van der Waals surface area contributed by atoms with Crippen LogP contribution in [0.4, 0.5) is 0 Å². The lowest BCUT2D eigenvalue weighted by atomic mass is 10.1. The Morgan fingerprint density at radius 3 is 2.81 bits per heavy atom. The Bertz CT molecular complexity index is 365. The first kappa shape index (κ1) is 13.5. The third-order valence-corrected chi connectivity index (χ3v) is 4.06. The van der Waals surface area contributed by atoms with Gasteiger partial charge in [0.2, 0.25) is 0 Å². The topological polar surface area (TPSA) is 55.1 Å². The Hall–Kier alpha value is -0.580. The fraction of sp³-hybridized carbons (Fsp3) is 0.545. The Kier molecular flexibility index (Phi) is 5.25. The first-order valence-electron chi connectivity index (χ1n) is 5.34. The number of halogens is 1. The summed E-state index contributed by atoms with van der Waals surface area (Å²) < 4.78 is 0. The van der Waals surface area contributed by atoms with Crippen LogP contribution < -0.4 is 11.1 Å². The fourth-order valence-corrected chi connectivity index (χ4v) is 2.61. The van der Waals surface area contributed by atoms with Gasteiger partial charge in [-0.1, -0.05) is 24.9 Å². The maximum Gasteiger partial charge on any atom is 0.263 e. The molecule has 0 aliphatic rings. The summed E-state index contributed by atoms with van der Waals surface area (Å²) in [6, 6.07) is 0.0379. The first-order chi connectivity index (χ1) is 7.60. The normalized spacial score (nSPS) is 12.5. The van der Waals surface area contributed by atoms with Gasteiger partial charge in [-0.05, 0) is 24.3 Å². The van der Waals surface area contributed by atoms with E-state index in [-0.39, 0.29) is 11.9 Å². The van der Waals surface area contributed by atoms with Crippen molar-refractivity contribution in [2.24, 2.45) is 5.73 Å². The van der Waals surface area contributed by atoms with E-state index in [1.54, 1.807) is 0 Å². The van der Waals surface area contributed by atoms with Gasteiger partial charge < -0.3 is 11.1 Å². The van der Waals surface area contributed by atoms with Crippen molar-refractivity contribution in [2.45, 2.75) is 32.7 Å². The SMILES string of the molecule is CCCC(CN)NC(=O)c1scc(C)c1Cl. The zero-order valence-corrected chi connectivity index (χ0v) is 11.1. The van der Waals surface area contributed by atoms with Crippen LogP contribution in [0, 0.1) is 6.92 Å². The number of thiophene rings is 1. The molecule has 0 spiro atoms. The highest BCUT2D eigenvalue weighted by atomic mass is 35.5. The van der Waals surface area contributed by atoms with Gasteiger partial charge in [-0.2, -0.15) is 0 Å². The second-order valence-electron chi connectivity index (χ2n) is 3.76. The number of hydrogen-bond acceptors (Lipinski definition) is 3. The molecule has 1 aromatic heterocycles. The second kappa shape index (κ2) is 6.23. The molecule has 1 unspecified atom stereocenters. The lowest BCUT2D eigenvalue weighted by Crippen LogP contribution is -2.39. The molecule has 90 valence electrons. The van der Waals surface area contributed by atoms with Crippen molar-refractivity contribution in [1.29, 1.82) is 0 Å². The number of rotatable bonds is 5. The van der Waals surface area contributed by atoms with E-state index in [2.05, 4.69) is 12.2 Å². The van der Waals surface area contributed by atoms with Crippen molar-refractivity contribution < 1.29 is 4.79 Å². The average molecular weight is 261 g/mol. The number of carbonyl (C=O) groups is 1. The monoisotopic (exact) mass is 260 g/mol. The number of nitrogens with one attached hydrogen (secondary N) is 1. The van der Waals surface area contributed by atoms with Crippen molar-refractivity contribution in [3.8, 4) is 0 Å². The predicted molar refractivity (Wildman–Crippen MR) is 69.3 cm³/mol. The Balaban J connectivity index is 2.68. The van der Waals surface area contributed by atoms with Crippen LogP contribution in [0.1, 0.15) is 35.0 Å². The van der Waals surface area contributed by atoms with E-state index < -0.39 is 0 Å². The molecule has 5 heteroatoms. The Morgan fingerprint density at radius 2 is 2.38 bits per heavy atom. The summed E-state index contributed by atoms with van der Waals surface area (Å²) in [6.45, 7) is 4.42. The van der Waals surface area contributed by atoms with E-state index in [4.69, 9.17) is 17.3 Å². The third-order valence-electron chi connectivity index (χ3n) is 2.36. The molecule has 0 bridgehead atoms. The highest BCUT2D eigenvalue weighted by Crippen LogP contribution is 2.26. The second-order valence-corrected chi connectivity index (χ2v) is 5.01. The minimum absolute atomic E-state index is 0.0379. The van der Waals surface area contributed by atoms with Gasteiger partial charge in [0.15, 0.2) is 0 Å². The molecular weight excluding hydrogens is 244 g/mol. The van der Waals surface area contributed by atoms with Crippen molar-refractivity contribution >= 4 is 28.8 Å². The van der Waals surface area contributed by atoms with Gasteiger partial charge >= 0.3 is 0 Å². The van der Waals surface area contributed by atoms with Crippen LogP contribution in [0.25, 0.3) is 0 Å². The Morgan fingerprint density at radius 1 is 1.69 bits per heavy atom. The van der Waals surface area contributed by atoms with Crippen molar-refractivity contribution in [2.75, 3.05) is 6.54 Å². The van der Waals surface area contributed by atoms with E-state index >= 15 is 0 Å². The lowest BCUT2D eigenvalue weighted by Gasteiger charge is -2.15. The molecule has 0 fully saturated rings. The summed E-state index contributed by atoms with van der Waals surface area (Å²) in [6.07, 6.45) is 1.89. The number of nitrogens with two attached hydrogens (primary N) is 1. The highest BCUT2D eigenvalue weighted by molar-refractivity contribution is 7.13. The van der Waals surface area contributed by atoms with Crippen LogP contribution in [0.2, 0.25) is 5.02 Å². The molecule has 0 saturated carbocycles. The molecule has 1 amide bonds. The molecule has 0 saturated heterocycles. The van der Waals surface area contributed by atoms with Gasteiger partial charge in [-0.3, -0.25) is 4.79 Å². The minimum Gasteiger partial charge on any atom is -0.347 e. The summed E-state index contributed by atoms with van der Waals surface area (Å²) in [5.74, 6) is -0.119. The molecule has 3 N–H and O–H groups in total. The molecule has 1 atom stereocenters. The quantitative estimate of drug-likeness (QED) is 0.855. The molecule has 0 aromatic carbocycles. The molecular formula is C11H17ClN2OS. The van der Waals surface area contributed by atoms with E-state index in [1.807, 2.05) is 12.3 Å². The molecule has 0 aliphatic carbocycles. The van der Waals surface area contributed by atoms with Crippen LogP contribution in [0.5, 0.6) is 0 Å². The minimum atomic E-state index is -0.119. The third kappa shape index (κ3) is 3.20. The largest absolute Gasteiger partial charge is 0.347 e. The van der Waals surface area contributed by atoms with E-state index in [1.165, 1.54) is 11.3 Å². The van der Waals surface area contributed by atoms with E-state index in [0.717, 1.165) is 18.4 Å². The molecule has 0 aliphatic heterocycles. The lowest BCUT2D eigenvalue weighted by molar-refractivity contribution is 0.0940. The van der Waals surface area contributed by atoms with Gasteiger partial charge in [0.1, 0.15) is 4.88 Å². The standard InChI is InChI=1S/C11H17ClN2OS/c1-3-4-8(5-13)14-11(15)10-9(12)7(2)6-16-10/h6,8H,3-5,13H2,1-2H3,(H,14,15). The number of aryl methyl sites for hydroxylation is 1. The molecule has 1 rings (SSSR count). The van der Waals surface area contributed by atoms with Crippen LogP contribution in [0.3, 0.4) is 0 Å². The van der Waals surface area contributed by atoms with Crippen molar-refractivity contribution in [1.82, 2.24) is 5.32 Å². The summed E-state index contributed by atoms with van der Waals surface area (Å²) in [5.41, 5.74) is 6.53. The first-order valence-corrected chi connectivity index (χ1v) is 6.60. The van der Waals surface area contributed by atoms with Crippen molar-refractivity contribution in [3.05, 3.63) is 20.8 Å². The summed E-state index contributed by atoms with van der Waals surface area (Å²) in [7, 11) is 0. The molecule has 1 heterocycles. The summed E-state index contributed by atoms with van der Waals surface area (Å²) >= 11 is 7.40. The highest BCUT2D eigenvalue weighted by Gasteiger charge is 2.17. The molecule has 3 nitrogen and oxygen atoms in total.